The quantitative estimate of drug-likeness (QED) is 0.354. The van der Waals surface area contributed by atoms with Gasteiger partial charge in [0.1, 0.15) is 11.8 Å². The molecule has 3 atom stereocenters. The normalized spacial score (nSPS) is 27.8. The number of nitrogens with zero attached hydrogens (tertiary/aromatic N) is 4. The van der Waals surface area contributed by atoms with Crippen molar-refractivity contribution < 1.29 is 49.7 Å². The van der Waals surface area contributed by atoms with Crippen molar-refractivity contribution in [1.29, 1.82) is 0 Å². The lowest BCUT2D eigenvalue weighted by molar-refractivity contribution is -0.330. The van der Waals surface area contributed by atoms with Crippen LogP contribution < -0.4 is 10.6 Å². The highest BCUT2D eigenvalue weighted by Gasteiger charge is 2.58. The topological polar surface area (TPSA) is 128 Å². The number of carbonyl (C=O) groups is 1. The average molecular weight is 579 g/mol. The molecule has 0 radical (unpaired) electrons. The van der Waals surface area contributed by atoms with Gasteiger partial charge in [-0.05, 0) is 25.2 Å². The monoisotopic (exact) mass is 579 g/mol. The maximum atomic E-state index is 15.1. The van der Waals surface area contributed by atoms with E-state index >= 15 is 4.39 Å². The number of amides is 1. The fourth-order valence-electron chi connectivity index (χ4n) is 5.11. The van der Waals surface area contributed by atoms with Gasteiger partial charge in [-0.1, -0.05) is 0 Å². The molecule has 3 saturated carbocycles. The molecular weight excluding hydrogens is 559 g/mol. The Kier molecular flexibility index (Phi) is 6.10. The zero-order valence-corrected chi connectivity index (χ0v) is 20.1. The van der Waals surface area contributed by atoms with Gasteiger partial charge in [0.15, 0.2) is 23.8 Å². The number of fused-ring (bicyclic) bond motifs is 1. The van der Waals surface area contributed by atoms with Crippen molar-refractivity contribution in [3.63, 3.8) is 0 Å². The number of ether oxygens (including phenoxy) is 3. The number of hydrogen-bond acceptors (Lipinski definition) is 8. The van der Waals surface area contributed by atoms with E-state index in [0.717, 1.165) is 29.9 Å². The van der Waals surface area contributed by atoms with Crippen LogP contribution in [-0.2, 0) is 27.0 Å². The number of rotatable bonds is 7. The van der Waals surface area contributed by atoms with Crippen molar-refractivity contribution in [2.75, 3.05) is 11.9 Å². The zero-order valence-electron chi connectivity index (χ0n) is 20.1. The van der Waals surface area contributed by atoms with Gasteiger partial charge in [0.25, 0.3) is 0 Å². The van der Waals surface area contributed by atoms with Crippen LogP contribution in [0, 0.1) is 5.92 Å². The van der Waals surface area contributed by atoms with E-state index in [1.807, 2.05) is 0 Å². The molecule has 7 rings (SSSR count). The van der Waals surface area contributed by atoms with Crippen molar-refractivity contribution in [3.05, 3.63) is 35.4 Å². The smallest absolute Gasteiger partial charge is 0.441 e. The molecule has 40 heavy (non-hydrogen) atoms. The molecule has 3 N–H and O–H groups in total. The summed E-state index contributed by atoms with van der Waals surface area (Å²) in [5, 5.41) is 11.7. The molecule has 4 heterocycles. The summed E-state index contributed by atoms with van der Waals surface area (Å²) in [7, 11) is 0. The highest BCUT2D eigenvalue weighted by atomic mass is 19.4. The number of nitrogens with one attached hydrogen (secondary N) is 3. The summed E-state index contributed by atoms with van der Waals surface area (Å²) in [4.78, 5) is 19.4. The molecular formula is C22H20F7N7O4. The Balaban J connectivity index is 1.16. The number of imidazole rings is 1. The first-order chi connectivity index (χ1) is 18.8. The van der Waals surface area contributed by atoms with Crippen LogP contribution in [0.1, 0.15) is 42.4 Å². The minimum absolute atomic E-state index is 0.0917. The van der Waals surface area contributed by atoms with E-state index in [4.69, 9.17) is 9.47 Å². The average Bonchev–Trinajstić information content (AvgIpc) is 3.52. The summed E-state index contributed by atoms with van der Waals surface area (Å²) in [6.07, 6.45) is -11.1. The standard InChI is InChI=1S/C22H20F7N7O4/c23-16-12(40-19(37)33-20-3-9(4-20)5-20)8-38-17(16)11-1-14(35-34-11)32-18-31-13(21(24,25)26)2-15-30-10(6-36(15)18)7-39-22(27,28)29/h1-2,6,9,12,16-17H,3-5,7-8H2,(H,33,37)(H2,31,32,34,35)/t9?,12-,16-,17-,20?/m1/s1. The van der Waals surface area contributed by atoms with Crippen molar-refractivity contribution in [1.82, 2.24) is 29.9 Å². The number of hydrogen-bond donors (Lipinski definition) is 3. The van der Waals surface area contributed by atoms with Crippen LogP contribution in [0.3, 0.4) is 0 Å². The number of carbonyl (C=O) groups excluding carboxylic acids is 1. The molecule has 18 heteroatoms. The van der Waals surface area contributed by atoms with Crippen molar-refractivity contribution >= 4 is 23.5 Å². The minimum Gasteiger partial charge on any atom is -0.441 e. The van der Waals surface area contributed by atoms with Crippen LogP contribution in [0.2, 0.25) is 0 Å². The number of aromatic nitrogens is 5. The minimum atomic E-state index is -4.97. The lowest BCUT2D eigenvalue weighted by atomic mass is 9.50. The lowest BCUT2D eigenvalue weighted by Gasteiger charge is -2.61. The molecule has 4 fully saturated rings. The molecule has 3 aliphatic carbocycles. The zero-order chi connectivity index (χ0) is 28.4. The summed E-state index contributed by atoms with van der Waals surface area (Å²) in [5.41, 5.74) is -2.20. The third-order valence-electron chi connectivity index (χ3n) is 7.07. The van der Waals surface area contributed by atoms with Gasteiger partial charge in [-0.3, -0.25) is 14.2 Å². The van der Waals surface area contributed by atoms with Gasteiger partial charge in [0.05, 0.1) is 24.6 Å². The first-order valence-electron chi connectivity index (χ1n) is 12.0. The third-order valence-corrected chi connectivity index (χ3v) is 7.07. The SMILES string of the molecule is O=C(NC12CC(C1)C2)O[C@@H]1CO[C@H](c2cc(Nc3nc(C(F)(F)F)cc4nc(COC(F)(F)F)cn34)n[nH]2)[C@@H]1F. The predicted octanol–water partition coefficient (Wildman–Crippen LogP) is 4.31. The molecule has 1 saturated heterocycles. The van der Waals surface area contributed by atoms with Gasteiger partial charge < -0.3 is 20.1 Å². The van der Waals surface area contributed by atoms with E-state index < -0.39 is 55.3 Å². The van der Waals surface area contributed by atoms with Gasteiger partial charge in [0.2, 0.25) is 5.95 Å². The van der Waals surface area contributed by atoms with Crippen molar-refractivity contribution in [2.45, 2.75) is 62.3 Å². The highest BCUT2D eigenvalue weighted by Crippen LogP contribution is 2.57. The number of aromatic amines is 1. The van der Waals surface area contributed by atoms with E-state index in [1.165, 1.54) is 6.07 Å². The van der Waals surface area contributed by atoms with E-state index in [-0.39, 0.29) is 35.0 Å². The Morgan fingerprint density at radius 3 is 2.58 bits per heavy atom. The molecule has 0 unspecified atom stereocenters. The fourth-order valence-corrected chi connectivity index (χ4v) is 5.11. The largest absolute Gasteiger partial charge is 0.522 e. The molecule has 1 amide bonds. The first-order valence-corrected chi connectivity index (χ1v) is 12.0. The van der Waals surface area contributed by atoms with Gasteiger partial charge >= 0.3 is 18.6 Å². The van der Waals surface area contributed by atoms with Gasteiger partial charge in [0, 0.05) is 23.9 Å². The second-order valence-electron chi connectivity index (χ2n) is 10.0. The Morgan fingerprint density at radius 1 is 1.18 bits per heavy atom. The molecule has 0 aromatic carbocycles. The summed E-state index contributed by atoms with van der Waals surface area (Å²) >= 11 is 0. The second-order valence-corrected chi connectivity index (χ2v) is 10.0. The molecule has 216 valence electrons. The molecule has 11 nitrogen and oxygen atoms in total. The van der Waals surface area contributed by atoms with Crippen LogP contribution >= 0.6 is 0 Å². The van der Waals surface area contributed by atoms with Crippen LogP contribution in [0.4, 0.5) is 47.3 Å². The Bertz CT molecular complexity index is 1420. The van der Waals surface area contributed by atoms with E-state index in [0.29, 0.717) is 12.0 Å². The number of halogens is 7. The van der Waals surface area contributed by atoms with Crippen LogP contribution in [0.5, 0.6) is 0 Å². The van der Waals surface area contributed by atoms with Crippen LogP contribution in [0.25, 0.3) is 5.65 Å². The number of alkyl carbamates (subject to hydrolysis) is 1. The number of anilines is 2. The van der Waals surface area contributed by atoms with E-state index in [9.17, 15) is 31.1 Å². The van der Waals surface area contributed by atoms with Gasteiger partial charge in [-0.2, -0.15) is 18.3 Å². The molecule has 3 aromatic rings. The molecule has 3 aromatic heterocycles. The summed E-state index contributed by atoms with van der Waals surface area (Å²) in [6, 6.07) is 1.81. The highest BCUT2D eigenvalue weighted by molar-refractivity contribution is 5.69. The molecule has 4 aliphatic rings. The first kappa shape index (κ1) is 26.5. The van der Waals surface area contributed by atoms with E-state index in [1.54, 1.807) is 0 Å². The fraction of sp³-hybridized carbons (Fsp3) is 0.545. The predicted molar refractivity (Wildman–Crippen MR) is 118 cm³/mol. The van der Waals surface area contributed by atoms with Gasteiger partial charge in [-0.25, -0.2) is 19.2 Å². The maximum Gasteiger partial charge on any atom is 0.522 e. The summed E-state index contributed by atoms with van der Waals surface area (Å²) in [6.45, 7) is -1.28. The van der Waals surface area contributed by atoms with Crippen molar-refractivity contribution in [2.24, 2.45) is 5.92 Å². The van der Waals surface area contributed by atoms with Crippen LogP contribution in [-0.4, -0.2) is 61.4 Å². The molecule has 2 bridgehead atoms. The molecule has 1 aliphatic heterocycles. The lowest BCUT2D eigenvalue weighted by Crippen LogP contribution is -2.68. The Morgan fingerprint density at radius 2 is 1.93 bits per heavy atom. The third kappa shape index (κ3) is 5.12. The molecule has 0 spiro atoms. The van der Waals surface area contributed by atoms with Crippen molar-refractivity contribution in [3.8, 4) is 0 Å². The summed E-state index contributed by atoms with van der Waals surface area (Å²) in [5.74, 6) is 0.0359. The van der Waals surface area contributed by atoms with Gasteiger partial charge in [-0.15, -0.1) is 13.2 Å². The summed E-state index contributed by atoms with van der Waals surface area (Å²) < 4.78 is 108. The van der Waals surface area contributed by atoms with Crippen LogP contribution in [0.15, 0.2) is 18.3 Å². The second kappa shape index (κ2) is 9.18. The maximum absolute atomic E-state index is 15.1. The Hall–Kier alpha value is -3.67. The number of H-pyrrole nitrogens is 1. The van der Waals surface area contributed by atoms with E-state index in [2.05, 4.69) is 35.5 Å². The Labute approximate surface area is 219 Å². The number of alkyl halides is 7.